The van der Waals surface area contributed by atoms with E-state index in [2.05, 4.69) is 5.32 Å². The molecule has 12 heavy (non-hydrogen) atoms. The van der Waals surface area contributed by atoms with Crippen molar-refractivity contribution in [3.05, 3.63) is 0 Å². The number of nitrogens with one attached hydrogen (secondary N) is 1. The first kappa shape index (κ1) is 10.0. The van der Waals surface area contributed by atoms with Gasteiger partial charge in [-0.1, -0.05) is 0 Å². The van der Waals surface area contributed by atoms with Crippen molar-refractivity contribution < 1.29 is 5.11 Å². The fourth-order valence-electron chi connectivity index (χ4n) is 1.73. The fraction of sp³-hybridized carbons (Fsp3) is 1.00. The topological polar surface area (TPSA) is 32.3 Å². The molecule has 1 aliphatic rings. The van der Waals surface area contributed by atoms with E-state index >= 15 is 0 Å². The summed E-state index contributed by atoms with van der Waals surface area (Å²) in [5.41, 5.74) is -0.467. The Balaban J connectivity index is 2.13. The number of piperidine rings is 1. The van der Waals surface area contributed by atoms with Crippen LogP contribution in [-0.4, -0.2) is 23.8 Å². The van der Waals surface area contributed by atoms with Gasteiger partial charge in [0.1, 0.15) is 0 Å². The quantitative estimate of drug-likeness (QED) is 0.675. The SMILES string of the molecule is CC(C)(O)CCC1CCNCC1. The van der Waals surface area contributed by atoms with Crippen LogP contribution < -0.4 is 5.32 Å². The number of aliphatic hydroxyl groups is 1. The molecule has 0 saturated carbocycles. The largest absolute Gasteiger partial charge is 0.390 e. The molecule has 1 heterocycles. The zero-order chi connectivity index (χ0) is 9.03. The average Bonchev–Trinajstić information content (AvgIpc) is 2.02. The monoisotopic (exact) mass is 171 g/mol. The summed E-state index contributed by atoms with van der Waals surface area (Å²) in [5, 5.41) is 12.9. The molecule has 0 spiro atoms. The minimum Gasteiger partial charge on any atom is -0.390 e. The summed E-state index contributed by atoms with van der Waals surface area (Å²) in [5.74, 6) is 0.845. The van der Waals surface area contributed by atoms with Gasteiger partial charge < -0.3 is 10.4 Å². The maximum absolute atomic E-state index is 9.53. The number of hydrogen-bond donors (Lipinski definition) is 2. The second-order valence-electron chi connectivity index (χ2n) is 4.54. The Hall–Kier alpha value is -0.0800. The van der Waals surface area contributed by atoms with Gasteiger partial charge >= 0.3 is 0 Å². The molecule has 2 N–H and O–H groups in total. The predicted octanol–water partition coefficient (Wildman–Crippen LogP) is 1.54. The second kappa shape index (κ2) is 4.24. The molecule has 0 radical (unpaired) electrons. The molecule has 1 saturated heterocycles. The third-order valence-corrected chi connectivity index (χ3v) is 2.62. The lowest BCUT2D eigenvalue weighted by atomic mass is 9.89. The van der Waals surface area contributed by atoms with Crippen LogP contribution in [0, 0.1) is 5.92 Å². The Bertz CT molecular complexity index is 122. The van der Waals surface area contributed by atoms with Crippen molar-refractivity contribution in [1.82, 2.24) is 5.32 Å². The Morgan fingerprint density at radius 2 is 1.92 bits per heavy atom. The molecular weight excluding hydrogens is 150 g/mol. The molecule has 2 heteroatoms. The van der Waals surface area contributed by atoms with Crippen LogP contribution in [0.25, 0.3) is 0 Å². The highest BCUT2D eigenvalue weighted by atomic mass is 16.3. The van der Waals surface area contributed by atoms with Crippen molar-refractivity contribution in [3.8, 4) is 0 Å². The van der Waals surface area contributed by atoms with Gasteiger partial charge in [-0.2, -0.15) is 0 Å². The van der Waals surface area contributed by atoms with E-state index in [4.69, 9.17) is 0 Å². The van der Waals surface area contributed by atoms with Crippen molar-refractivity contribution in [2.24, 2.45) is 5.92 Å². The normalized spacial score (nSPS) is 21.2. The van der Waals surface area contributed by atoms with E-state index < -0.39 is 5.60 Å². The van der Waals surface area contributed by atoms with Crippen LogP contribution in [0.2, 0.25) is 0 Å². The summed E-state index contributed by atoms with van der Waals surface area (Å²) in [4.78, 5) is 0. The van der Waals surface area contributed by atoms with Gasteiger partial charge in [0.05, 0.1) is 5.60 Å². The van der Waals surface area contributed by atoms with E-state index in [0.29, 0.717) is 0 Å². The molecule has 0 aromatic heterocycles. The minimum absolute atomic E-state index is 0.467. The molecular formula is C10H21NO. The zero-order valence-corrected chi connectivity index (χ0v) is 8.27. The summed E-state index contributed by atoms with van der Waals surface area (Å²) >= 11 is 0. The van der Waals surface area contributed by atoms with Crippen LogP contribution >= 0.6 is 0 Å². The first-order valence-electron chi connectivity index (χ1n) is 5.01. The minimum atomic E-state index is -0.467. The summed E-state index contributed by atoms with van der Waals surface area (Å²) < 4.78 is 0. The van der Waals surface area contributed by atoms with Gasteiger partial charge in [0, 0.05) is 0 Å². The maximum atomic E-state index is 9.53. The van der Waals surface area contributed by atoms with Crippen molar-refractivity contribution in [3.63, 3.8) is 0 Å². The molecule has 1 rings (SSSR count). The van der Waals surface area contributed by atoms with E-state index in [9.17, 15) is 5.11 Å². The zero-order valence-electron chi connectivity index (χ0n) is 8.27. The second-order valence-corrected chi connectivity index (χ2v) is 4.54. The van der Waals surface area contributed by atoms with Crippen LogP contribution in [0.3, 0.4) is 0 Å². The third-order valence-electron chi connectivity index (χ3n) is 2.62. The van der Waals surface area contributed by atoms with Crippen LogP contribution in [-0.2, 0) is 0 Å². The maximum Gasteiger partial charge on any atom is 0.0591 e. The van der Waals surface area contributed by atoms with Gasteiger partial charge in [0.2, 0.25) is 0 Å². The number of hydrogen-bond acceptors (Lipinski definition) is 2. The van der Waals surface area contributed by atoms with Crippen molar-refractivity contribution in [2.75, 3.05) is 13.1 Å². The Morgan fingerprint density at radius 3 is 2.42 bits per heavy atom. The molecule has 0 bridgehead atoms. The lowest BCUT2D eigenvalue weighted by molar-refractivity contribution is 0.0617. The van der Waals surface area contributed by atoms with E-state index in [-0.39, 0.29) is 0 Å². The third kappa shape index (κ3) is 4.07. The van der Waals surface area contributed by atoms with Crippen LogP contribution in [0.1, 0.15) is 39.5 Å². The van der Waals surface area contributed by atoms with Gasteiger partial charge in [0.25, 0.3) is 0 Å². The Kier molecular flexibility index (Phi) is 3.53. The van der Waals surface area contributed by atoms with Crippen LogP contribution in [0.4, 0.5) is 0 Å². The van der Waals surface area contributed by atoms with E-state index in [1.807, 2.05) is 13.8 Å². The summed E-state index contributed by atoms with van der Waals surface area (Å²) in [7, 11) is 0. The van der Waals surface area contributed by atoms with Gasteiger partial charge in [-0.05, 0) is 58.5 Å². The van der Waals surface area contributed by atoms with E-state index in [1.54, 1.807) is 0 Å². The molecule has 0 amide bonds. The molecule has 72 valence electrons. The standard InChI is InChI=1S/C10H21NO/c1-10(2,12)6-3-9-4-7-11-8-5-9/h9,11-12H,3-8H2,1-2H3. The lowest BCUT2D eigenvalue weighted by Gasteiger charge is -2.25. The highest BCUT2D eigenvalue weighted by Gasteiger charge is 2.18. The van der Waals surface area contributed by atoms with Crippen molar-refractivity contribution >= 4 is 0 Å². The molecule has 0 aromatic rings. The van der Waals surface area contributed by atoms with Crippen molar-refractivity contribution in [2.45, 2.75) is 45.1 Å². The Labute approximate surface area is 75.4 Å². The van der Waals surface area contributed by atoms with Gasteiger partial charge in [-0.15, -0.1) is 0 Å². The molecule has 1 aliphatic heterocycles. The highest BCUT2D eigenvalue weighted by Crippen LogP contribution is 2.22. The molecule has 0 aliphatic carbocycles. The van der Waals surface area contributed by atoms with Crippen LogP contribution in [0.15, 0.2) is 0 Å². The summed E-state index contributed by atoms with van der Waals surface area (Å²) in [6.45, 7) is 6.12. The van der Waals surface area contributed by atoms with Crippen molar-refractivity contribution in [1.29, 1.82) is 0 Å². The van der Waals surface area contributed by atoms with Gasteiger partial charge in [-0.3, -0.25) is 0 Å². The highest BCUT2D eigenvalue weighted by molar-refractivity contribution is 4.73. The number of rotatable bonds is 3. The van der Waals surface area contributed by atoms with Gasteiger partial charge in [-0.25, -0.2) is 0 Å². The smallest absolute Gasteiger partial charge is 0.0591 e. The molecule has 0 aromatic carbocycles. The van der Waals surface area contributed by atoms with E-state index in [1.165, 1.54) is 19.3 Å². The van der Waals surface area contributed by atoms with Crippen LogP contribution in [0.5, 0.6) is 0 Å². The summed E-state index contributed by atoms with van der Waals surface area (Å²) in [6.07, 6.45) is 4.70. The van der Waals surface area contributed by atoms with Gasteiger partial charge in [0.15, 0.2) is 0 Å². The predicted molar refractivity (Wildman–Crippen MR) is 51.1 cm³/mol. The first-order valence-corrected chi connectivity index (χ1v) is 5.01. The Morgan fingerprint density at radius 1 is 1.33 bits per heavy atom. The van der Waals surface area contributed by atoms with E-state index in [0.717, 1.165) is 25.4 Å². The molecule has 0 atom stereocenters. The molecule has 0 unspecified atom stereocenters. The first-order chi connectivity index (χ1) is 5.58. The molecule has 2 nitrogen and oxygen atoms in total. The molecule has 1 fully saturated rings. The fourth-order valence-corrected chi connectivity index (χ4v) is 1.73. The lowest BCUT2D eigenvalue weighted by Crippen LogP contribution is -2.29. The summed E-state index contributed by atoms with van der Waals surface area (Å²) in [6, 6.07) is 0. The average molecular weight is 171 g/mol.